The molecule has 0 aliphatic carbocycles. The Bertz CT molecular complexity index is 1100. The lowest BCUT2D eigenvalue weighted by molar-refractivity contribution is -0.127. The van der Waals surface area contributed by atoms with Crippen LogP contribution < -0.4 is 14.8 Å². The molecule has 3 rings (SSSR count). The summed E-state index contributed by atoms with van der Waals surface area (Å²) in [6.45, 7) is 3.93. The molecule has 1 saturated heterocycles. The molecule has 0 radical (unpaired) electrons. The minimum Gasteiger partial charge on any atom is -0.490 e. The van der Waals surface area contributed by atoms with Crippen LogP contribution in [0.2, 0.25) is 0 Å². The Labute approximate surface area is 190 Å². The van der Waals surface area contributed by atoms with Crippen molar-refractivity contribution in [1.29, 1.82) is 0 Å². The predicted molar refractivity (Wildman–Crippen MR) is 124 cm³/mol. The van der Waals surface area contributed by atoms with Gasteiger partial charge in [-0.3, -0.25) is 19.3 Å². The Balaban J connectivity index is 1.71. The van der Waals surface area contributed by atoms with Gasteiger partial charge in [0.25, 0.3) is 11.1 Å². The van der Waals surface area contributed by atoms with E-state index in [1.807, 2.05) is 26.0 Å². The van der Waals surface area contributed by atoms with E-state index in [0.717, 1.165) is 22.2 Å². The van der Waals surface area contributed by atoms with Gasteiger partial charge in [0.1, 0.15) is 13.2 Å². The van der Waals surface area contributed by atoms with Gasteiger partial charge in [-0.15, -0.1) is 6.42 Å². The molecule has 7 nitrogen and oxygen atoms in total. The average molecular weight is 451 g/mol. The van der Waals surface area contributed by atoms with E-state index in [4.69, 9.17) is 15.9 Å². The van der Waals surface area contributed by atoms with Crippen molar-refractivity contribution in [1.82, 2.24) is 4.90 Å². The third-order valence-corrected chi connectivity index (χ3v) is 5.29. The van der Waals surface area contributed by atoms with Gasteiger partial charge in [0, 0.05) is 5.69 Å². The molecule has 2 aromatic rings. The monoisotopic (exact) mass is 450 g/mol. The first-order valence-electron chi connectivity index (χ1n) is 9.86. The van der Waals surface area contributed by atoms with Gasteiger partial charge in [-0.25, -0.2) is 0 Å². The van der Waals surface area contributed by atoms with Crippen LogP contribution in [0.4, 0.5) is 10.5 Å². The van der Waals surface area contributed by atoms with Crippen LogP contribution in [0.3, 0.4) is 0 Å². The van der Waals surface area contributed by atoms with Crippen molar-refractivity contribution in [3.05, 3.63) is 58.5 Å². The van der Waals surface area contributed by atoms with Crippen LogP contribution in [-0.4, -0.2) is 41.7 Å². The van der Waals surface area contributed by atoms with Gasteiger partial charge in [-0.05, 0) is 61.5 Å². The van der Waals surface area contributed by atoms with Gasteiger partial charge in [0.2, 0.25) is 5.91 Å². The summed E-state index contributed by atoms with van der Waals surface area (Å²) in [4.78, 5) is 38.5. The molecule has 3 amide bonds. The second-order valence-corrected chi connectivity index (χ2v) is 7.81. The summed E-state index contributed by atoms with van der Waals surface area (Å²) in [5, 5.41) is 2.19. The number of ether oxygens (including phenoxy) is 2. The lowest BCUT2D eigenvalue weighted by atomic mass is 10.2. The summed E-state index contributed by atoms with van der Waals surface area (Å²) in [7, 11) is 0. The van der Waals surface area contributed by atoms with E-state index in [1.165, 1.54) is 0 Å². The van der Waals surface area contributed by atoms with E-state index in [9.17, 15) is 14.4 Å². The molecule has 1 aliphatic rings. The minimum atomic E-state index is -0.523. The Morgan fingerprint density at radius 2 is 1.91 bits per heavy atom. The molecule has 1 heterocycles. The van der Waals surface area contributed by atoms with E-state index in [1.54, 1.807) is 36.4 Å². The maximum Gasteiger partial charge on any atom is 0.294 e. The fraction of sp³-hybridized carbons (Fsp3) is 0.208. The van der Waals surface area contributed by atoms with Gasteiger partial charge in [0.05, 0.1) is 11.5 Å². The van der Waals surface area contributed by atoms with Crippen LogP contribution >= 0.6 is 11.8 Å². The summed E-state index contributed by atoms with van der Waals surface area (Å²) in [6.07, 6.45) is 6.81. The molecule has 1 fully saturated rings. The number of anilines is 1. The molecule has 32 heavy (non-hydrogen) atoms. The van der Waals surface area contributed by atoms with Crippen LogP contribution in [0, 0.1) is 19.3 Å². The molecule has 0 spiro atoms. The number of benzene rings is 2. The van der Waals surface area contributed by atoms with Crippen LogP contribution in [0.25, 0.3) is 6.08 Å². The molecule has 0 saturated carbocycles. The Hall–Kier alpha value is -3.70. The van der Waals surface area contributed by atoms with Gasteiger partial charge in [-0.1, -0.05) is 29.7 Å². The Morgan fingerprint density at radius 3 is 2.59 bits per heavy atom. The van der Waals surface area contributed by atoms with Crippen LogP contribution in [0.15, 0.2) is 47.4 Å². The van der Waals surface area contributed by atoms with Crippen molar-refractivity contribution in [2.75, 3.05) is 25.1 Å². The summed E-state index contributed by atoms with van der Waals surface area (Å²) in [5.41, 5.74) is 2.30. The third-order valence-electron chi connectivity index (χ3n) is 4.39. The Kier molecular flexibility index (Phi) is 7.58. The number of hydrogen-bond donors (Lipinski definition) is 1. The van der Waals surface area contributed by atoms with Crippen molar-refractivity contribution < 1.29 is 23.9 Å². The molecule has 0 bridgehead atoms. The summed E-state index contributed by atoms with van der Waals surface area (Å²) < 4.78 is 11.0. The molecule has 0 unspecified atom stereocenters. The van der Waals surface area contributed by atoms with Gasteiger partial charge in [-0.2, -0.15) is 0 Å². The average Bonchev–Trinajstić information content (AvgIpc) is 3.02. The number of imide groups is 1. The predicted octanol–water partition coefficient (Wildman–Crippen LogP) is 4.08. The van der Waals surface area contributed by atoms with E-state index in [2.05, 4.69) is 11.2 Å². The van der Waals surface area contributed by atoms with E-state index in [-0.39, 0.29) is 18.1 Å². The van der Waals surface area contributed by atoms with Crippen LogP contribution in [-0.2, 0) is 9.59 Å². The highest BCUT2D eigenvalue weighted by Crippen LogP contribution is 2.34. The van der Waals surface area contributed by atoms with Crippen molar-refractivity contribution in [2.45, 2.75) is 13.8 Å². The number of nitrogens with one attached hydrogen (secondary N) is 1. The van der Waals surface area contributed by atoms with Gasteiger partial charge in [0.15, 0.2) is 11.5 Å². The van der Waals surface area contributed by atoms with Crippen LogP contribution in [0.1, 0.15) is 18.1 Å². The van der Waals surface area contributed by atoms with Crippen molar-refractivity contribution in [2.24, 2.45) is 0 Å². The zero-order valence-electron chi connectivity index (χ0n) is 17.7. The number of terminal acetylenes is 1. The van der Waals surface area contributed by atoms with E-state index in [0.29, 0.717) is 29.4 Å². The maximum atomic E-state index is 12.7. The maximum absolute atomic E-state index is 12.7. The Morgan fingerprint density at radius 1 is 1.16 bits per heavy atom. The normalized spacial score (nSPS) is 14.4. The SMILES string of the molecule is C#CCOc1ccc(/C=C2\SC(=O)N(CC(=O)Nc3ccc(C)cc3)C2=O)cc1OCC. The highest BCUT2D eigenvalue weighted by Gasteiger charge is 2.36. The molecule has 164 valence electrons. The molecule has 1 N–H and O–H groups in total. The second kappa shape index (κ2) is 10.6. The largest absolute Gasteiger partial charge is 0.490 e. The number of nitrogens with zero attached hydrogens (tertiary/aromatic N) is 1. The molecule has 8 heteroatoms. The molecular weight excluding hydrogens is 428 g/mol. The summed E-state index contributed by atoms with van der Waals surface area (Å²) in [6, 6.07) is 12.4. The number of amides is 3. The minimum absolute atomic E-state index is 0.100. The fourth-order valence-corrected chi connectivity index (χ4v) is 3.73. The quantitative estimate of drug-likeness (QED) is 0.482. The first-order chi connectivity index (χ1) is 15.4. The lowest BCUT2D eigenvalue weighted by Crippen LogP contribution is -2.36. The van der Waals surface area contributed by atoms with E-state index < -0.39 is 17.1 Å². The van der Waals surface area contributed by atoms with E-state index >= 15 is 0 Å². The standard InChI is InChI=1S/C24H22N2O5S/c1-4-12-31-19-11-8-17(13-20(19)30-5-2)14-21-23(28)26(24(29)32-21)15-22(27)25-18-9-6-16(3)7-10-18/h1,6-11,13-14H,5,12,15H2,2-3H3,(H,25,27)/b21-14-. The number of carbonyl (C=O) groups excluding carboxylic acids is 3. The number of hydrogen-bond acceptors (Lipinski definition) is 6. The zero-order chi connectivity index (χ0) is 23.1. The lowest BCUT2D eigenvalue weighted by Gasteiger charge is -2.12. The molecule has 0 aromatic heterocycles. The fourth-order valence-electron chi connectivity index (χ4n) is 2.89. The number of aryl methyl sites for hydroxylation is 1. The van der Waals surface area contributed by atoms with Crippen molar-refractivity contribution >= 4 is 40.6 Å². The molecule has 2 aromatic carbocycles. The molecular formula is C24H22N2O5S. The molecule has 1 aliphatic heterocycles. The summed E-state index contributed by atoms with van der Waals surface area (Å²) in [5.74, 6) is 2.39. The molecule has 0 atom stereocenters. The first kappa shape index (κ1) is 23.0. The number of rotatable bonds is 8. The van der Waals surface area contributed by atoms with Gasteiger partial charge < -0.3 is 14.8 Å². The van der Waals surface area contributed by atoms with Crippen molar-refractivity contribution in [3.63, 3.8) is 0 Å². The van der Waals surface area contributed by atoms with Gasteiger partial charge >= 0.3 is 0 Å². The summed E-state index contributed by atoms with van der Waals surface area (Å²) >= 11 is 0.784. The number of thioether (sulfide) groups is 1. The second-order valence-electron chi connectivity index (χ2n) is 6.81. The topological polar surface area (TPSA) is 84.9 Å². The first-order valence-corrected chi connectivity index (χ1v) is 10.7. The van der Waals surface area contributed by atoms with Crippen LogP contribution in [0.5, 0.6) is 11.5 Å². The highest BCUT2D eigenvalue weighted by molar-refractivity contribution is 8.18. The van der Waals surface area contributed by atoms with Crippen molar-refractivity contribution in [3.8, 4) is 23.8 Å². The third kappa shape index (κ3) is 5.71. The highest BCUT2D eigenvalue weighted by atomic mass is 32.2. The smallest absolute Gasteiger partial charge is 0.294 e. The number of carbonyl (C=O) groups is 3. The zero-order valence-corrected chi connectivity index (χ0v) is 18.5.